The fraction of sp³-hybridized carbons (Fsp3) is 0.857. The van der Waals surface area contributed by atoms with Crippen LogP contribution in [0.25, 0.3) is 0 Å². The Morgan fingerprint density at radius 3 is 2.38 bits per heavy atom. The van der Waals surface area contributed by atoms with Crippen molar-refractivity contribution in [2.24, 2.45) is 0 Å². The van der Waals surface area contributed by atoms with Crippen molar-refractivity contribution in [1.29, 1.82) is 0 Å². The van der Waals surface area contributed by atoms with Gasteiger partial charge in [0.05, 0.1) is 6.61 Å². The van der Waals surface area contributed by atoms with E-state index in [2.05, 4.69) is 9.47 Å². The molecule has 0 rings (SSSR count). The Morgan fingerprint density at radius 2 is 1.92 bits per heavy atom. The number of rotatable bonds is 5. The van der Waals surface area contributed by atoms with Gasteiger partial charge in [0.1, 0.15) is 6.42 Å². The van der Waals surface area contributed by atoms with Crippen LogP contribution in [0.4, 0.5) is 13.2 Å². The predicted octanol–water partition coefficient (Wildman–Crippen LogP) is 1.52. The highest BCUT2D eigenvalue weighted by molar-refractivity contribution is 5.70. The van der Waals surface area contributed by atoms with Crippen LogP contribution in [0.3, 0.4) is 0 Å². The third-order valence-corrected chi connectivity index (χ3v) is 1.10. The van der Waals surface area contributed by atoms with E-state index >= 15 is 0 Å². The van der Waals surface area contributed by atoms with Crippen molar-refractivity contribution in [3.63, 3.8) is 0 Å². The molecular weight excluding hydrogens is 189 g/mol. The molecule has 0 aromatic heterocycles. The summed E-state index contributed by atoms with van der Waals surface area (Å²) in [7, 11) is 1.46. The lowest BCUT2D eigenvalue weighted by Gasteiger charge is -2.06. The summed E-state index contributed by atoms with van der Waals surface area (Å²) >= 11 is 0. The Balaban J connectivity index is 3.41. The molecule has 6 heteroatoms. The smallest absolute Gasteiger partial charge is 0.399 e. The minimum absolute atomic E-state index is 0.0389. The first kappa shape index (κ1) is 12.2. The van der Waals surface area contributed by atoms with E-state index in [4.69, 9.17) is 0 Å². The minimum Gasteiger partial charge on any atom is -0.465 e. The number of carbonyl (C=O) groups excluding carboxylic acids is 1. The number of carbonyl (C=O) groups is 1. The predicted molar refractivity (Wildman–Crippen MR) is 38.1 cm³/mol. The Labute approximate surface area is 73.8 Å². The van der Waals surface area contributed by atoms with Crippen molar-refractivity contribution < 1.29 is 27.4 Å². The summed E-state index contributed by atoms with van der Waals surface area (Å²) in [4.78, 5) is 10.4. The van der Waals surface area contributed by atoms with Gasteiger partial charge in [-0.15, -0.1) is 0 Å². The van der Waals surface area contributed by atoms with E-state index < -0.39 is 18.6 Å². The van der Waals surface area contributed by atoms with Gasteiger partial charge >= 0.3 is 12.1 Å². The summed E-state index contributed by atoms with van der Waals surface area (Å²) < 4.78 is 43.6. The fourth-order valence-electron chi connectivity index (χ4n) is 0.604. The van der Waals surface area contributed by atoms with Crippen LogP contribution < -0.4 is 0 Å². The molecule has 0 saturated carbocycles. The normalized spacial score (nSPS) is 11.4. The summed E-state index contributed by atoms with van der Waals surface area (Å²) in [6.07, 6.45) is -5.61. The van der Waals surface area contributed by atoms with Crippen molar-refractivity contribution in [3.05, 3.63) is 0 Å². The second-order valence-corrected chi connectivity index (χ2v) is 2.36. The quantitative estimate of drug-likeness (QED) is 0.498. The van der Waals surface area contributed by atoms with Crippen LogP contribution in [0.2, 0.25) is 0 Å². The number of ether oxygens (including phenoxy) is 2. The average Bonchev–Trinajstić information content (AvgIpc) is 1.94. The van der Waals surface area contributed by atoms with Gasteiger partial charge in [0.25, 0.3) is 0 Å². The van der Waals surface area contributed by atoms with Crippen molar-refractivity contribution >= 4 is 5.97 Å². The van der Waals surface area contributed by atoms with Crippen molar-refractivity contribution in [3.8, 4) is 0 Å². The summed E-state index contributed by atoms with van der Waals surface area (Å²) in [6.45, 7) is 0.321. The molecule has 0 bridgehead atoms. The van der Waals surface area contributed by atoms with Gasteiger partial charge in [-0.05, 0) is 0 Å². The zero-order valence-electron chi connectivity index (χ0n) is 7.19. The summed E-state index contributed by atoms with van der Waals surface area (Å²) in [5, 5.41) is 0. The molecule has 3 nitrogen and oxygen atoms in total. The number of hydrogen-bond donors (Lipinski definition) is 0. The van der Waals surface area contributed by atoms with E-state index in [-0.39, 0.29) is 6.61 Å². The summed E-state index contributed by atoms with van der Waals surface area (Å²) in [5.41, 5.74) is 0. The molecular formula is C7H11F3O3. The maximum absolute atomic E-state index is 11.6. The molecule has 0 aliphatic rings. The zero-order valence-corrected chi connectivity index (χ0v) is 7.19. The van der Waals surface area contributed by atoms with Gasteiger partial charge in [-0.1, -0.05) is 0 Å². The van der Waals surface area contributed by atoms with Gasteiger partial charge in [-0.2, -0.15) is 13.2 Å². The molecule has 0 fully saturated rings. The first-order chi connectivity index (χ1) is 5.95. The van der Waals surface area contributed by atoms with Gasteiger partial charge in [-0.3, -0.25) is 4.79 Å². The van der Waals surface area contributed by atoms with Crippen LogP contribution in [0.1, 0.15) is 12.8 Å². The molecule has 0 aliphatic carbocycles. The van der Waals surface area contributed by atoms with Crippen molar-refractivity contribution in [2.75, 3.05) is 20.3 Å². The van der Waals surface area contributed by atoms with Crippen LogP contribution in [-0.4, -0.2) is 32.5 Å². The number of hydrogen-bond acceptors (Lipinski definition) is 3. The van der Waals surface area contributed by atoms with E-state index in [1.807, 2.05) is 0 Å². The molecule has 0 amide bonds. The molecule has 0 aliphatic heterocycles. The molecule has 0 aromatic carbocycles. The maximum atomic E-state index is 11.6. The number of alkyl halides is 3. The molecule has 0 atom stereocenters. The fourth-order valence-corrected chi connectivity index (χ4v) is 0.604. The van der Waals surface area contributed by atoms with E-state index in [1.165, 1.54) is 7.11 Å². The molecule has 0 aromatic rings. The Morgan fingerprint density at radius 1 is 1.31 bits per heavy atom. The zero-order chi connectivity index (χ0) is 10.3. The highest BCUT2D eigenvalue weighted by Crippen LogP contribution is 2.19. The standard InChI is InChI=1S/C7H11F3O3/c1-12-3-2-4-13-6(11)5-7(8,9)10/h2-5H2,1H3. The van der Waals surface area contributed by atoms with E-state index in [0.29, 0.717) is 13.0 Å². The Bertz CT molecular complexity index is 156. The second kappa shape index (κ2) is 5.80. The number of halogens is 3. The van der Waals surface area contributed by atoms with Crippen molar-refractivity contribution in [2.45, 2.75) is 19.0 Å². The summed E-state index contributed by atoms with van der Waals surface area (Å²) in [6, 6.07) is 0. The average molecular weight is 200 g/mol. The third-order valence-electron chi connectivity index (χ3n) is 1.10. The first-order valence-corrected chi connectivity index (χ1v) is 3.67. The van der Waals surface area contributed by atoms with Gasteiger partial charge < -0.3 is 9.47 Å². The number of esters is 1. The van der Waals surface area contributed by atoms with Gasteiger partial charge in [0, 0.05) is 20.1 Å². The van der Waals surface area contributed by atoms with Crippen LogP contribution in [0, 0.1) is 0 Å². The molecule has 0 radical (unpaired) electrons. The van der Waals surface area contributed by atoms with Gasteiger partial charge in [0.15, 0.2) is 0 Å². The van der Waals surface area contributed by atoms with Crippen LogP contribution in [-0.2, 0) is 14.3 Å². The Hall–Kier alpha value is -0.780. The van der Waals surface area contributed by atoms with E-state index in [9.17, 15) is 18.0 Å². The minimum atomic E-state index is -4.49. The topological polar surface area (TPSA) is 35.5 Å². The van der Waals surface area contributed by atoms with E-state index in [1.54, 1.807) is 0 Å². The van der Waals surface area contributed by atoms with Crippen LogP contribution in [0.15, 0.2) is 0 Å². The van der Waals surface area contributed by atoms with E-state index in [0.717, 1.165) is 0 Å². The SMILES string of the molecule is COCCCOC(=O)CC(F)(F)F. The van der Waals surface area contributed by atoms with Gasteiger partial charge in [0.2, 0.25) is 0 Å². The highest BCUT2D eigenvalue weighted by Gasteiger charge is 2.31. The lowest BCUT2D eigenvalue weighted by atomic mass is 10.4. The second-order valence-electron chi connectivity index (χ2n) is 2.36. The lowest BCUT2D eigenvalue weighted by Crippen LogP contribution is -2.17. The molecule has 0 heterocycles. The van der Waals surface area contributed by atoms with Crippen LogP contribution in [0.5, 0.6) is 0 Å². The molecule has 13 heavy (non-hydrogen) atoms. The Kier molecular flexibility index (Phi) is 5.45. The maximum Gasteiger partial charge on any atom is 0.399 e. The third kappa shape index (κ3) is 9.13. The largest absolute Gasteiger partial charge is 0.465 e. The molecule has 0 saturated heterocycles. The van der Waals surface area contributed by atoms with Crippen molar-refractivity contribution in [1.82, 2.24) is 0 Å². The molecule has 0 unspecified atom stereocenters. The summed E-state index contributed by atoms with van der Waals surface area (Å²) in [5.74, 6) is -1.25. The van der Waals surface area contributed by atoms with Crippen LogP contribution >= 0.6 is 0 Å². The highest BCUT2D eigenvalue weighted by atomic mass is 19.4. The van der Waals surface area contributed by atoms with Gasteiger partial charge in [-0.25, -0.2) is 0 Å². The number of methoxy groups -OCH3 is 1. The monoisotopic (exact) mass is 200 g/mol. The molecule has 0 spiro atoms. The molecule has 78 valence electrons. The molecule has 0 N–H and O–H groups in total. The lowest BCUT2D eigenvalue weighted by molar-refractivity contribution is -0.171. The first-order valence-electron chi connectivity index (χ1n) is 3.67.